The Balaban J connectivity index is 2.23. The van der Waals surface area contributed by atoms with Crippen molar-refractivity contribution in [1.82, 2.24) is 4.90 Å². The summed E-state index contributed by atoms with van der Waals surface area (Å²) < 4.78 is 1.84. The van der Waals surface area contributed by atoms with Crippen LogP contribution in [0.4, 0.5) is 0 Å². The highest BCUT2D eigenvalue weighted by molar-refractivity contribution is 14.1. The van der Waals surface area contributed by atoms with E-state index in [2.05, 4.69) is 38.5 Å². The quantitative estimate of drug-likeness (QED) is 0.741. The second-order valence-electron chi connectivity index (χ2n) is 3.82. The molecule has 0 bridgehead atoms. The molecular formula is C11H11BrINO2. The van der Waals surface area contributed by atoms with Crippen molar-refractivity contribution in [2.24, 2.45) is 0 Å². The van der Waals surface area contributed by atoms with Crippen LogP contribution in [0, 0.1) is 3.57 Å². The summed E-state index contributed by atoms with van der Waals surface area (Å²) in [5, 5.41) is 9.41. The number of hydrogen-bond acceptors (Lipinski definition) is 2. The molecule has 1 aliphatic heterocycles. The van der Waals surface area contributed by atoms with E-state index in [4.69, 9.17) is 0 Å². The molecule has 1 aromatic rings. The van der Waals surface area contributed by atoms with E-state index in [1.54, 1.807) is 4.90 Å². The standard InChI is InChI=1S/C11H11BrINO2/c12-7-1-2-10(13)9(5-7)11(16)14-4-3-8(15)6-14/h1-2,5,8,15H,3-4,6H2. The van der Waals surface area contributed by atoms with Gasteiger partial charge in [-0.1, -0.05) is 15.9 Å². The Kier molecular flexibility index (Phi) is 3.86. The molecule has 0 aliphatic carbocycles. The number of halogens is 2. The zero-order valence-corrected chi connectivity index (χ0v) is 12.2. The smallest absolute Gasteiger partial charge is 0.255 e. The minimum absolute atomic E-state index is 0.00208. The lowest BCUT2D eigenvalue weighted by Crippen LogP contribution is -2.30. The van der Waals surface area contributed by atoms with Crippen LogP contribution in [-0.2, 0) is 0 Å². The SMILES string of the molecule is O=C(c1cc(Br)ccc1I)N1CCC(O)C1. The van der Waals surface area contributed by atoms with Gasteiger partial charge in [0.05, 0.1) is 11.7 Å². The van der Waals surface area contributed by atoms with E-state index in [9.17, 15) is 9.90 Å². The molecule has 1 amide bonds. The van der Waals surface area contributed by atoms with Crippen molar-refractivity contribution in [1.29, 1.82) is 0 Å². The van der Waals surface area contributed by atoms with Crippen molar-refractivity contribution < 1.29 is 9.90 Å². The number of rotatable bonds is 1. The number of carbonyl (C=O) groups excluding carboxylic acids is 1. The maximum absolute atomic E-state index is 12.2. The summed E-state index contributed by atoms with van der Waals surface area (Å²) in [6.07, 6.45) is 0.310. The van der Waals surface area contributed by atoms with Gasteiger partial charge in [-0.3, -0.25) is 4.79 Å². The lowest BCUT2D eigenvalue weighted by Gasteiger charge is -2.16. The van der Waals surface area contributed by atoms with Gasteiger partial charge in [-0.2, -0.15) is 0 Å². The van der Waals surface area contributed by atoms with Gasteiger partial charge in [0.25, 0.3) is 5.91 Å². The predicted octanol–water partition coefficient (Wildman–Crippen LogP) is 2.26. The summed E-state index contributed by atoms with van der Waals surface area (Å²) in [6, 6.07) is 5.65. The van der Waals surface area contributed by atoms with E-state index in [0.717, 1.165) is 8.04 Å². The minimum Gasteiger partial charge on any atom is -0.391 e. The average molecular weight is 396 g/mol. The molecule has 3 nitrogen and oxygen atoms in total. The van der Waals surface area contributed by atoms with E-state index in [1.807, 2.05) is 18.2 Å². The number of nitrogens with zero attached hydrogens (tertiary/aromatic N) is 1. The highest BCUT2D eigenvalue weighted by Crippen LogP contribution is 2.21. The molecular weight excluding hydrogens is 385 g/mol. The normalized spacial score (nSPS) is 20.2. The van der Waals surface area contributed by atoms with Crippen LogP contribution in [0.1, 0.15) is 16.8 Å². The number of aliphatic hydroxyl groups excluding tert-OH is 1. The van der Waals surface area contributed by atoms with Crippen LogP contribution >= 0.6 is 38.5 Å². The Bertz CT molecular complexity index is 424. The molecule has 5 heteroatoms. The molecule has 1 aromatic carbocycles. The van der Waals surface area contributed by atoms with E-state index in [-0.39, 0.29) is 12.0 Å². The number of amides is 1. The predicted molar refractivity (Wildman–Crippen MR) is 73.4 cm³/mol. The van der Waals surface area contributed by atoms with Gasteiger partial charge in [0.1, 0.15) is 0 Å². The van der Waals surface area contributed by atoms with Crippen molar-refractivity contribution in [2.45, 2.75) is 12.5 Å². The zero-order chi connectivity index (χ0) is 11.7. The molecule has 1 fully saturated rings. The summed E-state index contributed by atoms with van der Waals surface area (Å²) in [5.41, 5.74) is 0.698. The number of hydrogen-bond donors (Lipinski definition) is 1. The Morgan fingerprint density at radius 3 is 2.94 bits per heavy atom. The third-order valence-electron chi connectivity index (χ3n) is 2.61. The van der Waals surface area contributed by atoms with Crippen LogP contribution in [-0.4, -0.2) is 35.1 Å². The average Bonchev–Trinajstić information content (AvgIpc) is 2.67. The van der Waals surface area contributed by atoms with E-state index < -0.39 is 0 Å². The fourth-order valence-corrected chi connectivity index (χ4v) is 2.69. The molecule has 0 radical (unpaired) electrons. The molecule has 1 unspecified atom stereocenters. The molecule has 0 aromatic heterocycles. The summed E-state index contributed by atoms with van der Waals surface area (Å²) in [6.45, 7) is 1.09. The summed E-state index contributed by atoms with van der Waals surface area (Å²) in [7, 11) is 0. The topological polar surface area (TPSA) is 40.5 Å². The van der Waals surface area contributed by atoms with E-state index in [1.165, 1.54) is 0 Å². The second kappa shape index (κ2) is 5.01. The maximum Gasteiger partial charge on any atom is 0.255 e. The molecule has 1 atom stereocenters. The van der Waals surface area contributed by atoms with Crippen LogP contribution in [0.15, 0.2) is 22.7 Å². The maximum atomic E-state index is 12.2. The molecule has 0 spiro atoms. The van der Waals surface area contributed by atoms with Crippen molar-refractivity contribution in [2.75, 3.05) is 13.1 Å². The van der Waals surface area contributed by atoms with E-state index in [0.29, 0.717) is 25.1 Å². The molecule has 16 heavy (non-hydrogen) atoms. The molecule has 2 rings (SSSR count). The number of aliphatic hydroxyl groups is 1. The minimum atomic E-state index is -0.367. The molecule has 0 saturated carbocycles. The van der Waals surface area contributed by atoms with Gasteiger partial charge in [-0.15, -0.1) is 0 Å². The number of carbonyl (C=O) groups is 1. The summed E-state index contributed by atoms with van der Waals surface area (Å²) in [5.74, 6) is 0.00208. The van der Waals surface area contributed by atoms with Gasteiger partial charge in [0.15, 0.2) is 0 Å². The molecule has 1 N–H and O–H groups in total. The van der Waals surface area contributed by atoms with Crippen LogP contribution < -0.4 is 0 Å². The highest BCUT2D eigenvalue weighted by Gasteiger charge is 2.26. The van der Waals surface area contributed by atoms with Crippen molar-refractivity contribution >= 4 is 44.4 Å². The van der Waals surface area contributed by atoms with Gasteiger partial charge in [-0.05, 0) is 47.2 Å². The van der Waals surface area contributed by atoms with Crippen LogP contribution in [0.3, 0.4) is 0 Å². The van der Waals surface area contributed by atoms with Crippen LogP contribution in [0.2, 0.25) is 0 Å². The monoisotopic (exact) mass is 395 g/mol. The fraction of sp³-hybridized carbons (Fsp3) is 0.364. The second-order valence-corrected chi connectivity index (χ2v) is 5.90. The molecule has 1 aliphatic rings. The Morgan fingerprint density at radius 1 is 1.56 bits per heavy atom. The van der Waals surface area contributed by atoms with E-state index >= 15 is 0 Å². The van der Waals surface area contributed by atoms with Gasteiger partial charge in [0, 0.05) is 21.1 Å². The third kappa shape index (κ3) is 2.57. The zero-order valence-electron chi connectivity index (χ0n) is 8.49. The first-order valence-electron chi connectivity index (χ1n) is 5.00. The first-order chi connectivity index (χ1) is 7.58. The Hall–Kier alpha value is -0.140. The first kappa shape index (κ1) is 12.3. The van der Waals surface area contributed by atoms with Gasteiger partial charge < -0.3 is 10.0 Å². The Morgan fingerprint density at radius 2 is 2.31 bits per heavy atom. The van der Waals surface area contributed by atoms with Crippen molar-refractivity contribution in [3.05, 3.63) is 31.8 Å². The molecule has 1 heterocycles. The fourth-order valence-electron chi connectivity index (χ4n) is 1.76. The molecule has 1 saturated heterocycles. The number of likely N-dealkylation sites (tertiary alicyclic amines) is 1. The van der Waals surface area contributed by atoms with Gasteiger partial charge in [-0.25, -0.2) is 0 Å². The van der Waals surface area contributed by atoms with Gasteiger partial charge >= 0.3 is 0 Å². The lowest BCUT2D eigenvalue weighted by molar-refractivity contribution is 0.0764. The van der Waals surface area contributed by atoms with Crippen LogP contribution in [0.25, 0.3) is 0 Å². The highest BCUT2D eigenvalue weighted by atomic mass is 127. The Labute approximate surface area is 116 Å². The lowest BCUT2D eigenvalue weighted by atomic mass is 10.2. The largest absolute Gasteiger partial charge is 0.391 e. The van der Waals surface area contributed by atoms with Crippen molar-refractivity contribution in [3.63, 3.8) is 0 Å². The first-order valence-corrected chi connectivity index (χ1v) is 6.87. The van der Waals surface area contributed by atoms with Gasteiger partial charge in [0.2, 0.25) is 0 Å². The third-order valence-corrected chi connectivity index (χ3v) is 4.04. The molecule has 86 valence electrons. The van der Waals surface area contributed by atoms with Crippen molar-refractivity contribution in [3.8, 4) is 0 Å². The number of β-amino-alcohol motifs (C(OH)–C–C–N with tert-alkyl or cyclic N) is 1. The summed E-state index contributed by atoms with van der Waals surface area (Å²) in [4.78, 5) is 13.9. The summed E-state index contributed by atoms with van der Waals surface area (Å²) >= 11 is 5.51. The van der Waals surface area contributed by atoms with Crippen LogP contribution in [0.5, 0.6) is 0 Å². The number of benzene rings is 1.